The van der Waals surface area contributed by atoms with Gasteiger partial charge in [-0.1, -0.05) is 17.9 Å². The van der Waals surface area contributed by atoms with E-state index in [4.69, 9.17) is 15.3 Å². The highest BCUT2D eigenvalue weighted by Gasteiger charge is 1.87. The first-order valence-corrected chi connectivity index (χ1v) is 2.86. The van der Waals surface area contributed by atoms with Gasteiger partial charge >= 0.3 is 0 Å². The van der Waals surface area contributed by atoms with Crippen LogP contribution in [0.3, 0.4) is 0 Å². The number of hydrogen-bond donors (Lipinski definition) is 3. The average Bonchev–Trinajstić information content (AvgIpc) is 1.97. The van der Waals surface area contributed by atoms with E-state index in [0.29, 0.717) is 0 Å². The highest BCUT2D eigenvalue weighted by molar-refractivity contribution is 5.12. The van der Waals surface area contributed by atoms with Gasteiger partial charge in [0.05, 0.1) is 6.61 Å². The van der Waals surface area contributed by atoms with Gasteiger partial charge in [-0.25, -0.2) is 0 Å². The van der Waals surface area contributed by atoms with Gasteiger partial charge in [-0.15, -0.1) is 0 Å². The predicted molar refractivity (Wildman–Crippen MR) is 37.1 cm³/mol. The Labute approximate surface area is 59.6 Å². The zero-order valence-electron chi connectivity index (χ0n) is 5.49. The smallest absolute Gasteiger partial charge is 0.133 e. The molecule has 0 aliphatic heterocycles. The lowest BCUT2D eigenvalue weighted by atomic mass is 10.3. The summed E-state index contributed by atoms with van der Waals surface area (Å²) in [5.41, 5.74) is 0. The minimum atomic E-state index is -0.890. The van der Waals surface area contributed by atoms with Gasteiger partial charge in [0, 0.05) is 0 Å². The molecule has 0 bridgehead atoms. The maximum Gasteiger partial charge on any atom is 0.133 e. The van der Waals surface area contributed by atoms with Crippen molar-refractivity contribution < 1.29 is 15.3 Å². The van der Waals surface area contributed by atoms with E-state index in [1.807, 2.05) is 0 Å². The van der Waals surface area contributed by atoms with Crippen LogP contribution in [0.15, 0.2) is 12.2 Å². The van der Waals surface area contributed by atoms with Crippen molar-refractivity contribution in [1.29, 1.82) is 0 Å². The predicted octanol–water partition coefficient (Wildman–Crippen LogP) is -1.11. The molecule has 10 heavy (non-hydrogen) atoms. The van der Waals surface area contributed by atoms with Crippen LogP contribution < -0.4 is 0 Å². The van der Waals surface area contributed by atoms with E-state index >= 15 is 0 Å². The van der Waals surface area contributed by atoms with Gasteiger partial charge in [0.2, 0.25) is 0 Å². The maximum atomic E-state index is 8.83. The third-order valence-electron chi connectivity index (χ3n) is 0.753. The Hall–Kier alpha value is -0.820. The number of aliphatic hydroxyl groups is 3. The average molecular weight is 142 g/mol. The third-order valence-corrected chi connectivity index (χ3v) is 0.753. The molecule has 0 aliphatic rings. The lowest BCUT2D eigenvalue weighted by Gasteiger charge is -1.90. The number of hydrogen-bond acceptors (Lipinski definition) is 3. The Morgan fingerprint density at radius 2 is 2.10 bits per heavy atom. The summed E-state index contributed by atoms with van der Waals surface area (Å²) in [5, 5.41) is 25.3. The van der Waals surface area contributed by atoms with Crippen molar-refractivity contribution in [2.45, 2.75) is 6.10 Å². The van der Waals surface area contributed by atoms with E-state index < -0.39 is 6.10 Å². The summed E-state index contributed by atoms with van der Waals surface area (Å²) in [6, 6.07) is 0. The lowest BCUT2D eigenvalue weighted by Crippen LogP contribution is -1.97. The summed E-state index contributed by atoms with van der Waals surface area (Å²) in [6.07, 6.45) is 1.85. The van der Waals surface area contributed by atoms with Crippen LogP contribution in [0.5, 0.6) is 0 Å². The van der Waals surface area contributed by atoms with Crippen molar-refractivity contribution in [1.82, 2.24) is 0 Å². The minimum absolute atomic E-state index is 0.113. The van der Waals surface area contributed by atoms with Crippen molar-refractivity contribution in [2.24, 2.45) is 0 Å². The lowest BCUT2D eigenvalue weighted by molar-refractivity contribution is 0.276. The van der Waals surface area contributed by atoms with Crippen molar-refractivity contribution in [3.05, 3.63) is 12.2 Å². The second-order valence-electron chi connectivity index (χ2n) is 1.53. The molecule has 3 N–H and O–H groups in total. The van der Waals surface area contributed by atoms with E-state index in [2.05, 4.69) is 11.8 Å². The topological polar surface area (TPSA) is 60.7 Å². The van der Waals surface area contributed by atoms with Gasteiger partial charge in [-0.05, 0) is 6.08 Å². The van der Waals surface area contributed by atoms with Crippen LogP contribution in [0.25, 0.3) is 0 Å². The Kier molecular flexibility index (Phi) is 5.79. The van der Waals surface area contributed by atoms with Gasteiger partial charge in [0.25, 0.3) is 0 Å². The standard InChI is InChI=1S/C7H10O3/c8-5-1-3-7(10)4-2-6-9/h1,3,7-10H,5-6H2. The van der Waals surface area contributed by atoms with E-state index in [-0.39, 0.29) is 13.2 Å². The molecule has 56 valence electrons. The number of rotatable bonds is 2. The fourth-order valence-corrected chi connectivity index (χ4v) is 0.388. The molecule has 0 aromatic rings. The molecule has 0 aromatic carbocycles. The van der Waals surface area contributed by atoms with Gasteiger partial charge in [-0.3, -0.25) is 0 Å². The van der Waals surface area contributed by atoms with E-state index in [1.54, 1.807) is 0 Å². The molecule has 0 spiro atoms. The Bertz CT molecular complexity index is 152. The number of aliphatic hydroxyl groups excluding tert-OH is 3. The molecule has 0 aromatic heterocycles. The van der Waals surface area contributed by atoms with Gasteiger partial charge in [0.15, 0.2) is 0 Å². The van der Waals surface area contributed by atoms with Crippen molar-refractivity contribution in [2.75, 3.05) is 13.2 Å². The first-order valence-electron chi connectivity index (χ1n) is 2.86. The molecular formula is C7H10O3. The van der Waals surface area contributed by atoms with Crippen LogP contribution in [0.2, 0.25) is 0 Å². The van der Waals surface area contributed by atoms with Crippen LogP contribution in [-0.4, -0.2) is 34.6 Å². The van der Waals surface area contributed by atoms with Gasteiger partial charge in [-0.2, -0.15) is 0 Å². The van der Waals surface area contributed by atoms with E-state index in [9.17, 15) is 0 Å². The maximum absolute atomic E-state index is 8.83. The Morgan fingerprint density at radius 1 is 1.40 bits per heavy atom. The minimum Gasteiger partial charge on any atom is -0.392 e. The largest absolute Gasteiger partial charge is 0.392 e. The first-order chi connectivity index (χ1) is 4.81. The molecule has 0 rings (SSSR count). The van der Waals surface area contributed by atoms with Crippen LogP contribution in [0, 0.1) is 11.8 Å². The second-order valence-corrected chi connectivity index (χ2v) is 1.53. The molecule has 1 unspecified atom stereocenters. The molecule has 0 aliphatic carbocycles. The Morgan fingerprint density at radius 3 is 2.60 bits per heavy atom. The fourth-order valence-electron chi connectivity index (χ4n) is 0.388. The van der Waals surface area contributed by atoms with Crippen LogP contribution in [-0.2, 0) is 0 Å². The third kappa shape index (κ3) is 5.32. The van der Waals surface area contributed by atoms with Crippen molar-refractivity contribution in [3.8, 4) is 11.8 Å². The summed E-state index contributed by atoms with van der Waals surface area (Å²) in [7, 11) is 0. The molecule has 3 heteroatoms. The van der Waals surface area contributed by atoms with Crippen molar-refractivity contribution in [3.63, 3.8) is 0 Å². The highest BCUT2D eigenvalue weighted by Crippen LogP contribution is 1.81. The van der Waals surface area contributed by atoms with Crippen LogP contribution >= 0.6 is 0 Å². The van der Waals surface area contributed by atoms with E-state index in [1.165, 1.54) is 12.2 Å². The second kappa shape index (κ2) is 6.30. The summed E-state index contributed by atoms with van der Waals surface area (Å²) in [4.78, 5) is 0. The first kappa shape index (κ1) is 9.18. The summed E-state index contributed by atoms with van der Waals surface area (Å²) >= 11 is 0. The molecular weight excluding hydrogens is 132 g/mol. The zero-order valence-corrected chi connectivity index (χ0v) is 5.49. The van der Waals surface area contributed by atoms with Crippen molar-refractivity contribution >= 4 is 0 Å². The van der Waals surface area contributed by atoms with Crippen LogP contribution in [0.1, 0.15) is 0 Å². The normalized spacial score (nSPS) is 12.7. The monoisotopic (exact) mass is 142 g/mol. The molecule has 0 fully saturated rings. The van der Waals surface area contributed by atoms with E-state index in [0.717, 1.165) is 0 Å². The molecule has 0 heterocycles. The quantitative estimate of drug-likeness (QED) is 0.338. The molecule has 0 saturated carbocycles. The molecule has 0 radical (unpaired) electrons. The molecule has 3 nitrogen and oxygen atoms in total. The van der Waals surface area contributed by atoms with Gasteiger partial charge in [0.1, 0.15) is 12.7 Å². The molecule has 0 amide bonds. The fraction of sp³-hybridized carbons (Fsp3) is 0.429. The summed E-state index contributed by atoms with van der Waals surface area (Å²) in [6.45, 7) is -0.373. The molecule has 1 atom stereocenters. The zero-order chi connectivity index (χ0) is 7.82. The SMILES string of the molecule is OCC#CC(O)C=CCO. The highest BCUT2D eigenvalue weighted by atomic mass is 16.3. The van der Waals surface area contributed by atoms with Gasteiger partial charge < -0.3 is 15.3 Å². The summed E-state index contributed by atoms with van der Waals surface area (Å²) in [5.74, 6) is 4.60. The van der Waals surface area contributed by atoms with Crippen LogP contribution in [0.4, 0.5) is 0 Å². The summed E-state index contributed by atoms with van der Waals surface area (Å²) < 4.78 is 0. The Balaban J connectivity index is 3.62. The molecule has 0 saturated heterocycles.